The lowest BCUT2D eigenvalue weighted by Gasteiger charge is -2.20. The monoisotopic (exact) mass is 487 g/mol. The Hall–Kier alpha value is -4.59. The van der Waals surface area contributed by atoms with Crippen molar-refractivity contribution >= 4 is 22.5 Å². The number of nitrogens with one attached hydrogen (secondary N) is 1. The molecule has 5 aromatic rings. The van der Waals surface area contributed by atoms with Gasteiger partial charge in [0.1, 0.15) is 12.4 Å². The molecule has 3 aromatic carbocycles. The molecule has 1 N–H and O–H groups in total. The fraction of sp³-hybridized carbons (Fsp3) is 0.0714. The smallest absolute Gasteiger partial charge is 0.417 e. The van der Waals surface area contributed by atoms with Gasteiger partial charge in [0.2, 0.25) is 5.88 Å². The summed E-state index contributed by atoms with van der Waals surface area (Å²) in [7, 11) is 0. The van der Waals surface area contributed by atoms with Gasteiger partial charge < -0.3 is 10.1 Å². The van der Waals surface area contributed by atoms with Crippen LogP contribution in [0.3, 0.4) is 0 Å². The van der Waals surface area contributed by atoms with Crippen LogP contribution < -0.4 is 15.5 Å². The van der Waals surface area contributed by atoms with Crippen LogP contribution in [0.15, 0.2) is 108 Å². The van der Waals surface area contributed by atoms with Crippen LogP contribution in [-0.4, -0.2) is 9.55 Å². The number of pyridine rings is 2. The number of fused-ring (bicyclic) bond motifs is 1. The van der Waals surface area contributed by atoms with Gasteiger partial charge >= 0.3 is 6.18 Å². The Balaban J connectivity index is 1.75. The molecule has 0 amide bonds. The molecule has 36 heavy (non-hydrogen) atoms. The zero-order valence-corrected chi connectivity index (χ0v) is 18.9. The summed E-state index contributed by atoms with van der Waals surface area (Å²) in [5, 5.41) is 2.61. The number of para-hydroxylation sites is 2. The van der Waals surface area contributed by atoms with Crippen molar-refractivity contribution in [3.63, 3.8) is 0 Å². The highest BCUT2D eigenvalue weighted by Gasteiger charge is 2.36. The fourth-order valence-electron chi connectivity index (χ4n) is 3.92. The van der Waals surface area contributed by atoms with Crippen molar-refractivity contribution in [3.8, 4) is 11.6 Å². The topological polar surface area (TPSA) is 56.2 Å². The number of hydrogen-bond acceptors (Lipinski definition) is 4. The summed E-state index contributed by atoms with van der Waals surface area (Å²) >= 11 is 0. The third-order valence-corrected chi connectivity index (χ3v) is 5.54. The highest BCUT2D eigenvalue weighted by molar-refractivity contribution is 5.85. The molecule has 0 atom stereocenters. The van der Waals surface area contributed by atoms with Gasteiger partial charge in [-0.1, -0.05) is 66.7 Å². The van der Waals surface area contributed by atoms with Crippen molar-refractivity contribution in [2.24, 2.45) is 0 Å². The predicted octanol–water partition coefficient (Wildman–Crippen LogP) is 6.73. The lowest BCUT2D eigenvalue weighted by molar-refractivity contribution is -0.136. The molecule has 0 bridgehead atoms. The fourth-order valence-corrected chi connectivity index (χ4v) is 3.92. The Morgan fingerprint density at radius 1 is 0.833 bits per heavy atom. The first kappa shape index (κ1) is 23.2. The van der Waals surface area contributed by atoms with Crippen LogP contribution in [0.4, 0.5) is 24.7 Å². The molecule has 0 spiro atoms. The van der Waals surface area contributed by atoms with Gasteiger partial charge in [-0.25, -0.2) is 0 Å². The Labute approximate surface area is 204 Å². The summed E-state index contributed by atoms with van der Waals surface area (Å²) in [6.07, 6.45) is -4.80. The van der Waals surface area contributed by atoms with E-state index in [1.54, 1.807) is 54.6 Å². The molecule has 0 aliphatic heterocycles. The molecule has 5 nitrogen and oxygen atoms in total. The van der Waals surface area contributed by atoms with E-state index in [1.165, 1.54) is 4.57 Å². The number of ether oxygens (including phenoxy) is 1. The number of benzene rings is 3. The maximum absolute atomic E-state index is 14.2. The number of anilines is 2. The van der Waals surface area contributed by atoms with E-state index in [0.29, 0.717) is 11.4 Å². The van der Waals surface area contributed by atoms with E-state index in [1.807, 2.05) is 36.4 Å². The van der Waals surface area contributed by atoms with Gasteiger partial charge in [0.25, 0.3) is 0 Å². The molecule has 2 heterocycles. The van der Waals surface area contributed by atoms with E-state index in [-0.39, 0.29) is 24.0 Å². The number of rotatable bonds is 6. The molecule has 5 rings (SSSR count). The van der Waals surface area contributed by atoms with E-state index in [0.717, 1.165) is 17.7 Å². The molecule has 0 saturated carbocycles. The minimum atomic E-state index is -4.80. The van der Waals surface area contributed by atoms with Crippen molar-refractivity contribution in [1.82, 2.24) is 9.55 Å². The van der Waals surface area contributed by atoms with Gasteiger partial charge in [0, 0.05) is 23.5 Å². The van der Waals surface area contributed by atoms with Crippen LogP contribution >= 0.6 is 0 Å². The molecule has 180 valence electrons. The summed E-state index contributed by atoms with van der Waals surface area (Å²) in [6, 6.07) is 28.8. The second kappa shape index (κ2) is 9.58. The van der Waals surface area contributed by atoms with Crippen molar-refractivity contribution in [2.75, 3.05) is 5.32 Å². The summed E-state index contributed by atoms with van der Waals surface area (Å²) in [5.41, 5.74) is -0.102. The average Bonchev–Trinajstić information content (AvgIpc) is 2.88. The SMILES string of the molecule is O=c1cc(Nc2ccccc2)n(-c2ccccc2)c2nc(OCc3ccccc3)cc(C(F)(F)F)c12. The van der Waals surface area contributed by atoms with Gasteiger partial charge in [0.05, 0.1) is 10.9 Å². The lowest BCUT2D eigenvalue weighted by atomic mass is 10.1. The largest absolute Gasteiger partial charge is 0.473 e. The lowest BCUT2D eigenvalue weighted by Crippen LogP contribution is -2.19. The third kappa shape index (κ3) is 4.79. The molecular formula is C28H20F3N3O2. The number of halogens is 3. The van der Waals surface area contributed by atoms with Crippen molar-refractivity contribution < 1.29 is 17.9 Å². The maximum Gasteiger partial charge on any atom is 0.417 e. The first-order chi connectivity index (χ1) is 17.4. The van der Waals surface area contributed by atoms with Crippen molar-refractivity contribution in [3.05, 3.63) is 124 Å². The predicted molar refractivity (Wildman–Crippen MR) is 133 cm³/mol. The van der Waals surface area contributed by atoms with Crippen LogP contribution in [0.2, 0.25) is 0 Å². The molecule has 0 fully saturated rings. The van der Waals surface area contributed by atoms with Crippen molar-refractivity contribution in [2.45, 2.75) is 12.8 Å². The second-order valence-corrected chi connectivity index (χ2v) is 8.03. The van der Waals surface area contributed by atoms with Crippen LogP contribution in [0.1, 0.15) is 11.1 Å². The number of nitrogens with zero attached hydrogens (tertiary/aromatic N) is 2. The highest BCUT2D eigenvalue weighted by atomic mass is 19.4. The van der Waals surface area contributed by atoms with Crippen LogP contribution in [0.25, 0.3) is 16.7 Å². The Morgan fingerprint density at radius 3 is 2.08 bits per heavy atom. The maximum atomic E-state index is 14.2. The Bertz CT molecular complexity index is 1550. The molecule has 0 unspecified atom stereocenters. The minimum absolute atomic E-state index is 0.0220. The summed E-state index contributed by atoms with van der Waals surface area (Å²) < 4.78 is 49.7. The van der Waals surface area contributed by atoms with E-state index in [9.17, 15) is 18.0 Å². The quantitative estimate of drug-likeness (QED) is 0.289. The zero-order valence-electron chi connectivity index (χ0n) is 18.9. The van der Waals surface area contributed by atoms with E-state index >= 15 is 0 Å². The molecule has 0 radical (unpaired) electrons. The standard InChI is InChI=1S/C28H20F3N3O2/c29-28(30,31)22-16-25(36-18-19-10-4-1-5-11-19)33-27-26(22)23(35)17-24(32-20-12-6-2-7-13-20)34(27)21-14-8-3-9-15-21/h1-17,32H,18H2. The Morgan fingerprint density at radius 2 is 1.44 bits per heavy atom. The van der Waals surface area contributed by atoms with E-state index in [2.05, 4.69) is 10.3 Å². The molecule has 0 aliphatic carbocycles. The average molecular weight is 487 g/mol. The van der Waals surface area contributed by atoms with E-state index < -0.39 is 22.6 Å². The highest BCUT2D eigenvalue weighted by Crippen LogP contribution is 2.37. The number of alkyl halides is 3. The minimum Gasteiger partial charge on any atom is -0.473 e. The summed E-state index contributed by atoms with van der Waals surface area (Å²) in [6.45, 7) is 0.0220. The zero-order chi connectivity index (χ0) is 25.1. The molecular weight excluding hydrogens is 467 g/mol. The number of aromatic nitrogens is 2. The van der Waals surface area contributed by atoms with Gasteiger partial charge in [0.15, 0.2) is 11.1 Å². The van der Waals surface area contributed by atoms with Gasteiger partial charge in [-0.3, -0.25) is 9.36 Å². The second-order valence-electron chi connectivity index (χ2n) is 8.03. The molecule has 2 aromatic heterocycles. The summed E-state index contributed by atoms with van der Waals surface area (Å²) in [4.78, 5) is 17.5. The van der Waals surface area contributed by atoms with Gasteiger partial charge in [-0.2, -0.15) is 18.2 Å². The number of hydrogen-bond donors (Lipinski definition) is 1. The normalized spacial score (nSPS) is 11.4. The van der Waals surface area contributed by atoms with Crippen LogP contribution in [-0.2, 0) is 12.8 Å². The van der Waals surface area contributed by atoms with Gasteiger partial charge in [-0.05, 0) is 29.8 Å². The summed E-state index contributed by atoms with van der Waals surface area (Å²) in [5.74, 6) is 0.0327. The first-order valence-electron chi connectivity index (χ1n) is 11.1. The van der Waals surface area contributed by atoms with Crippen molar-refractivity contribution in [1.29, 1.82) is 0 Å². The first-order valence-corrected chi connectivity index (χ1v) is 11.1. The molecule has 0 saturated heterocycles. The van der Waals surface area contributed by atoms with Gasteiger partial charge in [-0.15, -0.1) is 0 Å². The van der Waals surface area contributed by atoms with Crippen LogP contribution in [0.5, 0.6) is 5.88 Å². The van der Waals surface area contributed by atoms with Crippen LogP contribution in [0, 0.1) is 0 Å². The molecule has 0 aliphatic rings. The Kier molecular flexibility index (Phi) is 6.16. The van der Waals surface area contributed by atoms with E-state index in [4.69, 9.17) is 4.74 Å². The third-order valence-electron chi connectivity index (χ3n) is 5.54. The molecule has 8 heteroatoms.